The van der Waals surface area contributed by atoms with E-state index in [0.29, 0.717) is 48.2 Å². The van der Waals surface area contributed by atoms with Crippen LogP contribution in [0.15, 0.2) is 54.6 Å². The first-order chi connectivity index (χ1) is 14.5. The summed E-state index contributed by atoms with van der Waals surface area (Å²) in [7, 11) is 1.55. The van der Waals surface area contributed by atoms with E-state index >= 15 is 0 Å². The van der Waals surface area contributed by atoms with Crippen LogP contribution in [0, 0.1) is 10.1 Å². The van der Waals surface area contributed by atoms with E-state index in [1.807, 2.05) is 41.3 Å². The zero-order valence-corrected chi connectivity index (χ0v) is 17.1. The molecule has 0 N–H and O–H groups in total. The Balaban J connectivity index is 1.56. The van der Waals surface area contributed by atoms with Crippen molar-refractivity contribution in [3.63, 3.8) is 0 Å². The first-order valence-electron chi connectivity index (χ1n) is 9.53. The van der Waals surface area contributed by atoms with Gasteiger partial charge in [0.25, 0.3) is 11.6 Å². The number of para-hydroxylation sites is 1. The molecule has 0 aliphatic carbocycles. The molecule has 1 heterocycles. The van der Waals surface area contributed by atoms with Crippen LogP contribution in [0.3, 0.4) is 0 Å². The standard InChI is InChI=1S/C22H20ClN3O4/c1-30-20-14-16-6-3-2-5-15(16)13-17(20)22(27)25-11-9-24(10-12-25)21-18(23)7-4-8-19(21)26(28)29/h2-8,13-14H,9-12H2,1H3. The number of rotatable bonds is 4. The molecule has 1 fully saturated rings. The number of amides is 1. The van der Waals surface area contributed by atoms with Crippen LogP contribution in [-0.2, 0) is 0 Å². The van der Waals surface area contributed by atoms with Crippen LogP contribution in [-0.4, -0.2) is 49.0 Å². The molecule has 0 radical (unpaired) electrons. The van der Waals surface area contributed by atoms with E-state index in [-0.39, 0.29) is 11.6 Å². The van der Waals surface area contributed by atoms with Gasteiger partial charge in [-0.3, -0.25) is 14.9 Å². The van der Waals surface area contributed by atoms with Gasteiger partial charge in [-0.25, -0.2) is 0 Å². The number of carbonyl (C=O) groups is 1. The predicted molar refractivity (Wildman–Crippen MR) is 117 cm³/mol. The van der Waals surface area contributed by atoms with Crippen LogP contribution in [0.4, 0.5) is 11.4 Å². The van der Waals surface area contributed by atoms with Crippen LogP contribution >= 0.6 is 11.6 Å². The summed E-state index contributed by atoms with van der Waals surface area (Å²) in [4.78, 5) is 27.8. The van der Waals surface area contributed by atoms with Gasteiger partial charge in [-0.15, -0.1) is 0 Å². The largest absolute Gasteiger partial charge is 0.496 e. The van der Waals surface area contributed by atoms with E-state index in [1.165, 1.54) is 6.07 Å². The number of ether oxygens (including phenoxy) is 1. The number of benzene rings is 3. The third kappa shape index (κ3) is 3.64. The van der Waals surface area contributed by atoms with Gasteiger partial charge in [-0.05, 0) is 29.0 Å². The molecule has 0 atom stereocenters. The number of carbonyl (C=O) groups excluding carboxylic acids is 1. The lowest BCUT2D eigenvalue weighted by molar-refractivity contribution is -0.384. The summed E-state index contributed by atoms with van der Waals surface area (Å²) in [6, 6.07) is 16.2. The molecule has 3 aromatic rings. The number of nitrogens with zero attached hydrogens (tertiary/aromatic N) is 3. The zero-order chi connectivity index (χ0) is 21.3. The summed E-state index contributed by atoms with van der Waals surface area (Å²) in [5.74, 6) is 0.411. The normalized spacial score (nSPS) is 14.1. The highest BCUT2D eigenvalue weighted by molar-refractivity contribution is 6.33. The molecule has 0 aromatic heterocycles. The summed E-state index contributed by atoms with van der Waals surface area (Å²) >= 11 is 6.25. The molecule has 4 rings (SSSR count). The van der Waals surface area contributed by atoms with Gasteiger partial charge < -0.3 is 14.5 Å². The Bertz CT molecular complexity index is 1130. The van der Waals surface area contributed by atoms with Crippen molar-refractivity contribution >= 4 is 39.7 Å². The lowest BCUT2D eigenvalue weighted by Gasteiger charge is -2.36. The summed E-state index contributed by atoms with van der Waals surface area (Å²) in [6.45, 7) is 1.76. The van der Waals surface area contributed by atoms with Gasteiger partial charge in [-0.2, -0.15) is 0 Å². The summed E-state index contributed by atoms with van der Waals surface area (Å²) in [5.41, 5.74) is 0.881. The number of fused-ring (bicyclic) bond motifs is 1. The van der Waals surface area contributed by atoms with Crippen molar-refractivity contribution in [3.05, 3.63) is 75.3 Å². The number of methoxy groups -OCH3 is 1. The monoisotopic (exact) mass is 425 g/mol. The molecule has 1 aliphatic rings. The summed E-state index contributed by atoms with van der Waals surface area (Å²) in [6.07, 6.45) is 0. The fourth-order valence-corrected chi connectivity index (χ4v) is 4.11. The lowest BCUT2D eigenvalue weighted by Crippen LogP contribution is -2.49. The van der Waals surface area contributed by atoms with E-state index in [9.17, 15) is 14.9 Å². The van der Waals surface area contributed by atoms with Gasteiger partial charge in [0, 0.05) is 32.2 Å². The third-order valence-corrected chi connectivity index (χ3v) is 5.65. The Hall–Kier alpha value is -3.32. The van der Waals surface area contributed by atoms with Crippen molar-refractivity contribution in [2.45, 2.75) is 0 Å². The Morgan fingerprint density at radius 2 is 1.70 bits per heavy atom. The lowest BCUT2D eigenvalue weighted by atomic mass is 10.0. The molecule has 7 nitrogen and oxygen atoms in total. The van der Waals surface area contributed by atoms with E-state index in [0.717, 1.165) is 10.8 Å². The molecule has 1 saturated heterocycles. The number of piperazine rings is 1. The van der Waals surface area contributed by atoms with Crippen molar-refractivity contribution in [1.82, 2.24) is 4.90 Å². The Labute approximate surface area is 178 Å². The smallest absolute Gasteiger partial charge is 0.294 e. The van der Waals surface area contributed by atoms with Crippen molar-refractivity contribution in [2.24, 2.45) is 0 Å². The number of nitro groups is 1. The van der Waals surface area contributed by atoms with Gasteiger partial charge in [0.2, 0.25) is 0 Å². The fraction of sp³-hybridized carbons (Fsp3) is 0.227. The molecule has 0 bridgehead atoms. The fourth-order valence-electron chi connectivity index (χ4n) is 3.82. The minimum atomic E-state index is -0.432. The first-order valence-corrected chi connectivity index (χ1v) is 9.91. The van der Waals surface area contributed by atoms with Gasteiger partial charge in [-0.1, -0.05) is 41.9 Å². The maximum Gasteiger partial charge on any atom is 0.294 e. The second-order valence-corrected chi connectivity index (χ2v) is 7.45. The van der Waals surface area contributed by atoms with Crippen LogP contribution in [0.25, 0.3) is 10.8 Å². The highest BCUT2D eigenvalue weighted by Gasteiger charge is 2.29. The quantitative estimate of drug-likeness (QED) is 0.458. The number of halogens is 1. The molecular formula is C22H20ClN3O4. The van der Waals surface area contributed by atoms with E-state index < -0.39 is 4.92 Å². The third-order valence-electron chi connectivity index (χ3n) is 5.34. The molecule has 0 unspecified atom stereocenters. The molecule has 30 heavy (non-hydrogen) atoms. The zero-order valence-electron chi connectivity index (χ0n) is 16.4. The van der Waals surface area contributed by atoms with Crippen molar-refractivity contribution in [3.8, 4) is 5.75 Å². The first kappa shape index (κ1) is 20.0. The van der Waals surface area contributed by atoms with Crippen LogP contribution in [0.2, 0.25) is 5.02 Å². The topological polar surface area (TPSA) is 75.9 Å². The maximum absolute atomic E-state index is 13.2. The minimum Gasteiger partial charge on any atom is -0.496 e. The number of nitro benzene ring substituents is 1. The second-order valence-electron chi connectivity index (χ2n) is 7.04. The summed E-state index contributed by atoms with van der Waals surface area (Å²) < 4.78 is 5.46. The van der Waals surface area contributed by atoms with Gasteiger partial charge in [0.15, 0.2) is 0 Å². The average molecular weight is 426 g/mol. The van der Waals surface area contributed by atoms with Gasteiger partial charge in [0.1, 0.15) is 11.4 Å². The van der Waals surface area contributed by atoms with E-state index in [2.05, 4.69) is 0 Å². The molecule has 1 aliphatic heterocycles. The molecule has 154 valence electrons. The maximum atomic E-state index is 13.2. The highest BCUT2D eigenvalue weighted by atomic mass is 35.5. The minimum absolute atomic E-state index is 0.0292. The second kappa shape index (κ2) is 8.20. The Kier molecular flexibility index (Phi) is 5.46. The molecule has 8 heteroatoms. The average Bonchev–Trinajstić information content (AvgIpc) is 2.77. The van der Waals surface area contributed by atoms with Crippen LogP contribution < -0.4 is 9.64 Å². The molecular weight excluding hydrogens is 406 g/mol. The Morgan fingerprint density at radius 1 is 1.03 bits per heavy atom. The van der Waals surface area contributed by atoms with Crippen LogP contribution in [0.5, 0.6) is 5.75 Å². The highest BCUT2D eigenvalue weighted by Crippen LogP contribution is 2.36. The van der Waals surface area contributed by atoms with Gasteiger partial charge in [0.05, 0.1) is 22.6 Å². The number of hydrogen-bond donors (Lipinski definition) is 0. The molecule has 3 aromatic carbocycles. The number of hydrogen-bond acceptors (Lipinski definition) is 5. The van der Waals surface area contributed by atoms with E-state index in [4.69, 9.17) is 16.3 Å². The van der Waals surface area contributed by atoms with Crippen LogP contribution in [0.1, 0.15) is 10.4 Å². The van der Waals surface area contributed by atoms with Crippen molar-refractivity contribution < 1.29 is 14.5 Å². The SMILES string of the molecule is COc1cc2ccccc2cc1C(=O)N1CCN(c2c(Cl)cccc2[N+](=O)[O-])CC1. The molecule has 0 saturated carbocycles. The van der Waals surface area contributed by atoms with E-state index in [1.54, 1.807) is 24.1 Å². The summed E-state index contributed by atoms with van der Waals surface area (Å²) in [5, 5.41) is 13.7. The van der Waals surface area contributed by atoms with Crippen molar-refractivity contribution in [2.75, 3.05) is 38.2 Å². The molecule has 0 spiro atoms. The van der Waals surface area contributed by atoms with Crippen molar-refractivity contribution in [1.29, 1.82) is 0 Å². The predicted octanol–water partition coefficient (Wildman–Crippen LogP) is 4.37. The van der Waals surface area contributed by atoms with Gasteiger partial charge >= 0.3 is 0 Å². The Morgan fingerprint density at radius 3 is 2.33 bits per heavy atom. The molecule has 1 amide bonds. The number of anilines is 1.